The highest BCUT2D eigenvalue weighted by Crippen LogP contribution is 2.37. The quantitative estimate of drug-likeness (QED) is 0.640. The lowest BCUT2D eigenvalue weighted by Crippen LogP contribution is -1.79. The molecular weight excluding hydrogens is 222 g/mol. The summed E-state index contributed by atoms with van der Waals surface area (Å²) in [6.07, 6.45) is 0. The number of benzene rings is 2. The SMILES string of the molecule is NSc1cccc2sc3ccccc3c12. The van der Waals surface area contributed by atoms with Gasteiger partial charge in [-0.2, -0.15) is 0 Å². The number of nitrogens with two attached hydrogens (primary N) is 1. The van der Waals surface area contributed by atoms with Crippen LogP contribution in [-0.2, 0) is 0 Å². The number of fused-ring (bicyclic) bond motifs is 3. The molecule has 0 unspecified atom stereocenters. The van der Waals surface area contributed by atoms with Crippen LogP contribution in [0.4, 0.5) is 0 Å². The summed E-state index contributed by atoms with van der Waals surface area (Å²) in [5.41, 5.74) is 0. The van der Waals surface area contributed by atoms with Gasteiger partial charge in [-0.1, -0.05) is 24.3 Å². The molecule has 1 nitrogen and oxygen atoms in total. The second-order valence-electron chi connectivity index (χ2n) is 3.35. The first kappa shape index (κ1) is 9.21. The average Bonchev–Trinajstić information content (AvgIpc) is 2.67. The molecule has 0 radical (unpaired) electrons. The van der Waals surface area contributed by atoms with Crippen LogP contribution in [0.3, 0.4) is 0 Å². The van der Waals surface area contributed by atoms with E-state index in [1.54, 1.807) is 0 Å². The lowest BCUT2D eigenvalue weighted by atomic mass is 10.1. The van der Waals surface area contributed by atoms with Gasteiger partial charge in [-0.15, -0.1) is 11.3 Å². The average molecular weight is 231 g/mol. The second-order valence-corrected chi connectivity index (χ2v) is 5.10. The third-order valence-electron chi connectivity index (χ3n) is 2.49. The van der Waals surface area contributed by atoms with Crippen molar-refractivity contribution in [2.24, 2.45) is 5.14 Å². The van der Waals surface area contributed by atoms with Crippen LogP contribution in [-0.4, -0.2) is 0 Å². The third-order valence-corrected chi connectivity index (χ3v) is 4.22. The van der Waals surface area contributed by atoms with E-state index < -0.39 is 0 Å². The maximum absolute atomic E-state index is 5.69. The molecule has 0 bridgehead atoms. The van der Waals surface area contributed by atoms with Crippen molar-refractivity contribution >= 4 is 43.5 Å². The van der Waals surface area contributed by atoms with Gasteiger partial charge in [0.2, 0.25) is 0 Å². The zero-order chi connectivity index (χ0) is 10.3. The summed E-state index contributed by atoms with van der Waals surface area (Å²) < 4.78 is 2.64. The first-order valence-electron chi connectivity index (χ1n) is 4.67. The first-order chi connectivity index (χ1) is 7.40. The van der Waals surface area contributed by atoms with Crippen LogP contribution in [0.15, 0.2) is 47.4 Å². The Kier molecular flexibility index (Phi) is 2.16. The normalized spacial score (nSPS) is 11.3. The van der Waals surface area contributed by atoms with E-state index in [1.165, 1.54) is 32.1 Å². The van der Waals surface area contributed by atoms with Gasteiger partial charge in [-0.3, -0.25) is 5.14 Å². The zero-order valence-electron chi connectivity index (χ0n) is 7.94. The summed E-state index contributed by atoms with van der Waals surface area (Å²) in [6.45, 7) is 0. The Hall–Kier alpha value is -1.03. The Morgan fingerprint density at radius 2 is 1.73 bits per heavy atom. The summed E-state index contributed by atoms with van der Waals surface area (Å²) in [5, 5.41) is 8.30. The lowest BCUT2D eigenvalue weighted by molar-refractivity contribution is 1.58. The molecule has 0 aliphatic carbocycles. The van der Waals surface area contributed by atoms with Gasteiger partial charge >= 0.3 is 0 Å². The van der Waals surface area contributed by atoms with E-state index in [-0.39, 0.29) is 0 Å². The van der Waals surface area contributed by atoms with Gasteiger partial charge in [0.1, 0.15) is 0 Å². The highest BCUT2D eigenvalue weighted by molar-refractivity contribution is 7.97. The second kappa shape index (κ2) is 3.52. The third kappa shape index (κ3) is 1.35. The van der Waals surface area contributed by atoms with E-state index in [1.807, 2.05) is 11.3 Å². The fraction of sp³-hybridized carbons (Fsp3) is 0. The van der Waals surface area contributed by atoms with Crippen LogP contribution in [0, 0.1) is 0 Å². The minimum absolute atomic E-state index is 1.16. The molecule has 0 atom stereocenters. The summed E-state index contributed by atoms with van der Waals surface area (Å²) in [7, 11) is 0. The van der Waals surface area contributed by atoms with Gasteiger partial charge in [-0.25, -0.2) is 0 Å². The molecule has 3 aromatic rings. The first-order valence-corrected chi connectivity index (χ1v) is 6.37. The van der Waals surface area contributed by atoms with Crippen molar-refractivity contribution in [1.82, 2.24) is 0 Å². The van der Waals surface area contributed by atoms with Gasteiger partial charge in [0.15, 0.2) is 0 Å². The van der Waals surface area contributed by atoms with Crippen molar-refractivity contribution in [2.75, 3.05) is 0 Å². The minimum atomic E-state index is 1.16. The highest BCUT2D eigenvalue weighted by Gasteiger charge is 2.07. The molecule has 0 aliphatic heterocycles. The van der Waals surface area contributed by atoms with Crippen molar-refractivity contribution in [1.29, 1.82) is 0 Å². The van der Waals surface area contributed by atoms with E-state index in [0.29, 0.717) is 0 Å². The van der Waals surface area contributed by atoms with Crippen LogP contribution in [0.1, 0.15) is 0 Å². The molecule has 0 spiro atoms. The van der Waals surface area contributed by atoms with Crippen molar-refractivity contribution in [3.63, 3.8) is 0 Å². The molecule has 1 aromatic heterocycles. The van der Waals surface area contributed by atoms with E-state index in [9.17, 15) is 0 Å². The van der Waals surface area contributed by atoms with E-state index >= 15 is 0 Å². The number of rotatable bonds is 1. The summed E-state index contributed by atoms with van der Waals surface area (Å²) in [4.78, 5) is 1.16. The Labute approximate surface area is 96.0 Å². The van der Waals surface area contributed by atoms with Gasteiger partial charge < -0.3 is 0 Å². The van der Waals surface area contributed by atoms with Crippen molar-refractivity contribution in [3.8, 4) is 0 Å². The van der Waals surface area contributed by atoms with Gasteiger partial charge in [0.25, 0.3) is 0 Å². The predicted molar refractivity (Wildman–Crippen MR) is 69.4 cm³/mol. The standard InChI is InChI=1S/C12H9NS2/c13-15-11-7-3-6-10-12(11)8-4-1-2-5-9(8)14-10/h1-7H,13H2. The minimum Gasteiger partial charge on any atom is -0.274 e. The molecule has 74 valence electrons. The molecule has 15 heavy (non-hydrogen) atoms. The maximum Gasteiger partial charge on any atom is 0.0367 e. The molecule has 1 heterocycles. The molecule has 3 rings (SSSR count). The molecule has 0 fully saturated rings. The number of thiophene rings is 1. The number of hydrogen-bond donors (Lipinski definition) is 1. The van der Waals surface area contributed by atoms with E-state index in [0.717, 1.165) is 4.90 Å². The maximum atomic E-state index is 5.69. The molecule has 0 amide bonds. The lowest BCUT2D eigenvalue weighted by Gasteiger charge is -1.98. The largest absolute Gasteiger partial charge is 0.274 e. The van der Waals surface area contributed by atoms with Gasteiger partial charge in [0, 0.05) is 25.1 Å². The molecule has 2 N–H and O–H groups in total. The summed E-state index contributed by atoms with van der Waals surface area (Å²) in [5.74, 6) is 0. The highest BCUT2D eigenvalue weighted by atomic mass is 32.2. The molecule has 0 saturated carbocycles. The van der Waals surface area contributed by atoms with E-state index in [4.69, 9.17) is 5.14 Å². The topological polar surface area (TPSA) is 26.0 Å². The summed E-state index contributed by atoms with van der Waals surface area (Å²) in [6, 6.07) is 14.8. The van der Waals surface area contributed by atoms with Crippen LogP contribution in [0.25, 0.3) is 20.2 Å². The molecule has 3 heteroatoms. The smallest absolute Gasteiger partial charge is 0.0367 e. The van der Waals surface area contributed by atoms with Crippen molar-refractivity contribution < 1.29 is 0 Å². The Morgan fingerprint density at radius 1 is 0.933 bits per heavy atom. The molecule has 0 saturated heterocycles. The van der Waals surface area contributed by atoms with Crippen molar-refractivity contribution in [2.45, 2.75) is 4.90 Å². The predicted octanol–water partition coefficient (Wildman–Crippen LogP) is 4.02. The Bertz CT molecular complexity index is 628. The monoisotopic (exact) mass is 231 g/mol. The van der Waals surface area contributed by atoms with Crippen LogP contribution < -0.4 is 5.14 Å². The van der Waals surface area contributed by atoms with Crippen LogP contribution in [0.5, 0.6) is 0 Å². The molecule has 2 aromatic carbocycles. The van der Waals surface area contributed by atoms with Crippen molar-refractivity contribution in [3.05, 3.63) is 42.5 Å². The van der Waals surface area contributed by atoms with Crippen LogP contribution in [0.2, 0.25) is 0 Å². The number of hydrogen-bond acceptors (Lipinski definition) is 3. The molecule has 0 aliphatic rings. The van der Waals surface area contributed by atoms with E-state index in [2.05, 4.69) is 42.5 Å². The fourth-order valence-corrected chi connectivity index (χ4v) is 3.53. The summed E-state index contributed by atoms with van der Waals surface area (Å²) >= 11 is 3.15. The van der Waals surface area contributed by atoms with Gasteiger partial charge in [-0.05, 0) is 30.1 Å². The Morgan fingerprint density at radius 3 is 2.60 bits per heavy atom. The van der Waals surface area contributed by atoms with Gasteiger partial charge in [0.05, 0.1) is 0 Å². The zero-order valence-corrected chi connectivity index (χ0v) is 9.57. The van der Waals surface area contributed by atoms with Crippen LogP contribution >= 0.6 is 23.3 Å². The molecular formula is C12H9NS2. The Balaban J connectivity index is 2.56. The fourth-order valence-electron chi connectivity index (χ4n) is 1.84.